The monoisotopic (exact) mass is 249 g/mol. The quantitative estimate of drug-likeness (QED) is 0.851. The van der Waals surface area contributed by atoms with Crippen LogP contribution in [0.5, 0.6) is 0 Å². The van der Waals surface area contributed by atoms with Crippen molar-refractivity contribution in [2.75, 3.05) is 0 Å². The number of hydrogen-bond acceptors (Lipinski definition) is 1. The van der Waals surface area contributed by atoms with Crippen LogP contribution in [-0.4, -0.2) is 0 Å². The van der Waals surface area contributed by atoms with E-state index in [1.165, 1.54) is 29.2 Å². The van der Waals surface area contributed by atoms with E-state index < -0.39 is 0 Å². The van der Waals surface area contributed by atoms with Gasteiger partial charge in [-0.3, -0.25) is 0 Å². The van der Waals surface area contributed by atoms with Crippen molar-refractivity contribution in [3.8, 4) is 0 Å². The molecule has 17 heavy (non-hydrogen) atoms. The average molecular weight is 250 g/mol. The second-order valence-corrected chi connectivity index (χ2v) is 4.36. The van der Waals surface area contributed by atoms with Crippen LogP contribution in [0.1, 0.15) is 37.8 Å². The van der Waals surface area contributed by atoms with E-state index >= 15 is 0 Å². The Labute approximate surface area is 109 Å². The first-order valence-corrected chi connectivity index (χ1v) is 6.05. The van der Waals surface area contributed by atoms with Crippen molar-refractivity contribution < 1.29 is 0 Å². The van der Waals surface area contributed by atoms with E-state index in [0.29, 0.717) is 0 Å². The fourth-order valence-corrected chi connectivity index (χ4v) is 2.03. The Morgan fingerprint density at radius 2 is 1.76 bits per heavy atom. The summed E-state index contributed by atoms with van der Waals surface area (Å²) in [6.07, 6.45) is 3.49. The summed E-state index contributed by atoms with van der Waals surface area (Å²) >= 11 is 0. The highest BCUT2D eigenvalue weighted by atomic mass is 35.5. The molecule has 0 amide bonds. The second kappa shape index (κ2) is 6.63. The Balaban J connectivity index is 0.00000144. The summed E-state index contributed by atoms with van der Waals surface area (Å²) in [5.74, 6) is 0. The number of benzene rings is 2. The molecule has 2 aromatic rings. The molecule has 0 radical (unpaired) electrons. The van der Waals surface area contributed by atoms with Gasteiger partial charge in [0.25, 0.3) is 0 Å². The fraction of sp³-hybridized carbons (Fsp3) is 0.333. The lowest BCUT2D eigenvalue weighted by molar-refractivity contribution is 0.604. The third kappa shape index (κ3) is 3.45. The van der Waals surface area contributed by atoms with Crippen LogP contribution < -0.4 is 5.73 Å². The first kappa shape index (κ1) is 14.0. The molecule has 2 N–H and O–H groups in total. The SMILES string of the molecule is CCCC[C@@H](N)c1ccc2ccccc2c1.Cl. The van der Waals surface area contributed by atoms with Gasteiger partial charge in [-0.25, -0.2) is 0 Å². The second-order valence-electron chi connectivity index (χ2n) is 4.36. The van der Waals surface area contributed by atoms with Crippen LogP contribution in [0.2, 0.25) is 0 Å². The predicted molar refractivity (Wildman–Crippen MR) is 77.6 cm³/mol. The Hall–Kier alpha value is -1.05. The average Bonchev–Trinajstić information content (AvgIpc) is 2.35. The van der Waals surface area contributed by atoms with Crippen LogP contribution >= 0.6 is 12.4 Å². The van der Waals surface area contributed by atoms with E-state index in [1.54, 1.807) is 0 Å². The van der Waals surface area contributed by atoms with Gasteiger partial charge in [-0.2, -0.15) is 0 Å². The van der Waals surface area contributed by atoms with Crippen molar-refractivity contribution in [3.63, 3.8) is 0 Å². The molecule has 92 valence electrons. The lowest BCUT2D eigenvalue weighted by Crippen LogP contribution is -2.09. The van der Waals surface area contributed by atoms with Crippen molar-refractivity contribution >= 4 is 23.2 Å². The molecule has 0 saturated carbocycles. The summed E-state index contributed by atoms with van der Waals surface area (Å²) < 4.78 is 0. The van der Waals surface area contributed by atoms with Crippen LogP contribution in [-0.2, 0) is 0 Å². The van der Waals surface area contributed by atoms with Crippen molar-refractivity contribution in [2.45, 2.75) is 32.2 Å². The Bertz CT molecular complexity index is 467. The molecule has 0 aliphatic carbocycles. The van der Waals surface area contributed by atoms with Gasteiger partial charge in [0.2, 0.25) is 0 Å². The number of unbranched alkanes of at least 4 members (excludes halogenated alkanes) is 1. The predicted octanol–water partition coefficient (Wildman–Crippen LogP) is 4.45. The van der Waals surface area contributed by atoms with Crippen LogP contribution in [0.4, 0.5) is 0 Å². The van der Waals surface area contributed by atoms with E-state index in [4.69, 9.17) is 5.73 Å². The smallest absolute Gasteiger partial charge is 0.0295 e. The van der Waals surface area contributed by atoms with Gasteiger partial charge in [-0.1, -0.05) is 56.2 Å². The van der Waals surface area contributed by atoms with Crippen LogP contribution in [0, 0.1) is 0 Å². The maximum Gasteiger partial charge on any atom is 0.0295 e. The lowest BCUT2D eigenvalue weighted by atomic mass is 9.99. The van der Waals surface area contributed by atoms with Crippen LogP contribution in [0.3, 0.4) is 0 Å². The third-order valence-corrected chi connectivity index (χ3v) is 3.07. The molecule has 1 atom stereocenters. The molecular formula is C15H20ClN. The van der Waals surface area contributed by atoms with Gasteiger partial charge >= 0.3 is 0 Å². The van der Waals surface area contributed by atoms with Crippen molar-refractivity contribution in [2.24, 2.45) is 5.73 Å². The standard InChI is InChI=1S/C15H19N.ClH/c1-2-3-8-15(16)14-10-9-12-6-4-5-7-13(12)11-14;/h4-7,9-11,15H,2-3,8,16H2,1H3;1H/t15-;/m1./s1. The van der Waals surface area contributed by atoms with Crippen molar-refractivity contribution in [3.05, 3.63) is 48.0 Å². The zero-order chi connectivity index (χ0) is 11.4. The van der Waals surface area contributed by atoms with E-state index in [9.17, 15) is 0 Å². The van der Waals surface area contributed by atoms with Crippen molar-refractivity contribution in [1.29, 1.82) is 0 Å². The highest BCUT2D eigenvalue weighted by Crippen LogP contribution is 2.22. The van der Waals surface area contributed by atoms with Crippen molar-refractivity contribution in [1.82, 2.24) is 0 Å². The Morgan fingerprint density at radius 1 is 1.06 bits per heavy atom. The molecule has 0 saturated heterocycles. The summed E-state index contributed by atoms with van der Waals surface area (Å²) in [6.45, 7) is 2.20. The number of rotatable bonds is 4. The topological polar surface area (TPSA) is 26.0 Å². The van der Waals surface area contributed by atoms with Gasteiger partial charge in [0, 0.05) is 6.04 Å². The molecule has 0 unspecified atom stereocenters. The van der Waals surface area contributed by atoms with Gasteiger partial charge in [-0.15, -0.1) is 12.4 Å². The molecule has 2 heteroatoms. The first-order valence-electron chi connectivity index (χ1n) is 6.05. The summed E-state index contributed by atoms with van der Waals surface area (Å²) in [4.78, 5) is 0. The molecular weight excluding hydrogens is 230 g/mol. The molecule has 0 fully saturated rings. The molecule has 0 bridgehead atoms. The molecule has 0 aromatic heterocycles. The molecule has 0 aliphatic heterocycles. The minimum Gasteiger partial charge on any atom is -0.324 e. The number of halogens is 1. The van der Waals surface area contributed by atoms with Crippen LogP contribution in [0.15, 0.2) is 42.5 Å². The minimum absolute atomic E-state index is 0. The molecule has 2 rings (SSSR count). The Morgan fingerprint density at radius 3 is 2.47 bits per heavy atom. The summed E-state index contributed by atoms with van der Waals surface area (Å²) in [5, 5.41) is 2.57. The Kier molecular flexibility index (Phi) is 5.46. The maximum atomic E-state index is 6.17. The summed E-state index contributed by atoms with van der Waals surface area (Å²) in [7, 11) is 0. The zero-order valence-electron chi connectivity index (χ0n) is 10.2. The molecule has 0 aliphatic rings. The van der Waals surface area contributed by atoms with Gasteiger partial charge < -0.3 is 5.73 Å². The minimum atomic E-state index is 0. The fourth-order valence-electron chi connectivity index (χ4n) is 2.03. The molecule has 1 nitrogen and oxygen atoms in total. The lowest BCUT2D eigenvalue weighted by Gasteiger charge is -2.12. The molecule has 0 spiro atoms. The van der Waals surface area contributed by atoms with Gasteiger partial charge in [-0.05, 0) is 28.8 Å². The number of fused-ring (bicyclic) bond motifs is 1. The first-order chi connectivity index (χ1) is 7.81. The van der Waals surface area contributed by atoms with Gasteiger partial charge in [0.1, 0.15) is 0 Å². The zero-order valence-corrected chi connectivity index (χ0v) is 11.0. The van der Waals surface area contributed by atoms with E-state index in [1.807, 2.05) is 0 Å². The largest absolute Gasteiger partial charge is 0.324 e. The van der Waals surface area contributed by atoms with Gasteiger partial charge in [0.05, 0.1) is 0 Å². The van der Waals surface area contributed by atoms with Gasteiger partial charge in [0.15, 0.2) is 0 Å². The normalized spacial score (nSPS) is 12.1. The molecule has 0 heterocycles. The summed E-state index contributed by atoms with van der Waals surface area (Å²) in [5.41, 5.74) is 7.43. The number of nitrogens with two attached hydrogens (primary N) is 1. The summed E-state index contributed by atoms with van der Waals surface area (Å²) in [6, 6.07) is 15.1. The highest BCUT2D eigenvalue weighted by molar-refractivity contribution is 5.85. The van der Waals surface area contributed by atoms with E-state index in [0.717, 1.165) is 6.42 Å². The molecule has 2 aromatic carbocycles. The number of hydrogen-bond donors (Lipinski definition) is 1. The van der Waals surface area contributed by atoms with Crippen LogP contribution in [0.25, 0.3) is 10.8 Å². The van der Waals surface area contributed by atoms with E-state index in [-0.39, 0.29) is 18.4 Å². The van der Waals surface area contributed by atoms with E-state index in [2.05, 4.69) is 49.4 Å². The third-order valence-electron chi connectivity index (χ3n) is 3.07. The highest BCUT2D eigenvalue weighted by Gasteiger charge is 2.05. The maximum absolute atomic E-state index is 6.17.